The van der Waals surface area contributed by atoms with E-state index in [1.807, 2.05) is 0 Å². The van der Waals surface area contributed by atoms with Crippen LogP contribution in [-0.4, -0.2) is 11.3 Å². The average Bonchev–Trinajstić information content (AvgIpc) is 3.71. The third-order valence-electron chi connectivity index (χ3n) is 17.8. The third-order valence-corrected chi connectivity index (χ3v) is 20.3. The van der Waals surface area contributed by atoms with Gasteiger partial charge in [-0.05, 0) is 179 Å². The van der Waals surface area contributed by atoms with Crippen LogP contribution in [0.2, 0.25) is 0 Å². The van der Waals surface area contributed by atoms with Crippen molar-refractivity contribution in [2.24, 2.45) is 11.8 Å². The molecule has 0 amide bonds. The Morgan fingerprint density at radius 2 is 0.849 bits per heavy atom. The van der Waals surface area contributed by atoms with Crippen LogP contribution in [0.1, 0.15) is 83.0 Å². The highest BCUT2D eigenvalue weighted by molar-refractivity contribution is 7.79. The summed E-state index contributed by atoms with van der Waals surface area (Å²) in [6, 6.07) is 77.4. The molecule has 9 aromatic carbocycles. The van der Waals surface area contributed by atoms with Gasteiger partial charge in [-0.15, -0.1) is 0 Å². The summed E-state index contributed by atoms with van der Waals surface area (Å²) in [7, 11) is -0.619. The topological polar surface area (TPSA) is 4.93 Å². The van der Waals surface area contributed by atoms with Crippen LogP contribution in [0, 0.1) is 53.4 Å². The first-order chi connectivity index (χ1) is 35.5. The van der Waals surface area contributed by atoms with Gasteiger partial charge in [0.05, 0.1) is 11.0 Å². The second-order valence-electron chi connectivity index (χ2n) is 22.9. The van der Waals surface area contributed by atoms with Crippen molar-refractivity contribution in [1.29, 1.82) is 0 Å². The monoisotopic (exact) mass is 961 g/mol. The molecule has 4 saturated carbocycles. The molecule has 3 heteroatoms. The van der Waals surface area contributed by atoms with E-state index < -0.39 is 7.92 Å². The molecule has 1 aromatic heterocycles. The van der Waals surface area contributed by atoms with Crippen LogP contribution in [0.3, 0.4) is 0 Å². The first kappa shape index (κ1) is 46.1. The molecule has 1 nitrogen and oxygen atoms in total. The van der Waals surface area contributed by atoms with E-state index in [9.17, 15) is 0 Å². The molecule has 2 atom stereocenters. The number of hydrogen-bond acceptors (Lipinski definition) is 0. The Morgan fingerprint density at radius 1 is 0.425 bits per heavy atom. The molecule has 0 spiro atoms. The summed E-state index contributed by atoms with van der Waals surface area (Å²) < 4.78 is 2.48. The molecule has 1 heterocycles. The van der Waals surface area contributed by atoms with E-state index in [0.717, 1.165) is 11.8 Å². The Morgan fingerprint density at radius 3 is 1.36 bits per heavy atom. The smallest absolute Gasteiger partial charge is 0.242 e. The standard InChI is InChI=1S/C70H65BNP/c1-46-34-48(3)67(49(4)35-46)71(68-50(5)36-47(2)37-51(68)6)58-29-33-66-64(40-58)63-39-55(24-32-65(63)72(66)59-16-10-7-11-17-59)54-22-25-56(26-23-54)69-41-52-38-53(42-69)44-70(43-52,45-69)57-27-30-62(31-28-57)73(60-18-12-8-13-19-60)61-20-14-9-15-21-61/h7-37,39-40,52-53H,38,41-45H2,1-6H3. The van der Waals surface area contributed by atoms with Gasteiger partial charge in [0.2, 0.25) is 6.71 Å². The minimum Gasteiger partial charge on any atom is -0.309 e. The van der Waals surface area contributed by atoms with Crippen LogP contribution < -0.4 is 32.3 Å². The van der Waals surface area contributed by atoms with Crippen molar-refractivity contribution in [1.82, 2.24) is 4.57 Å². The maximum absolute atomic E-state index is 2.55. The number of aromatic nitrogens is 1. The van der Waals surface area contributed by atoms with Crippen LogP contribution in [0.4, 0.5) is 0 Å². The number of hydrogen-bond donors (Lipinski definition) is 0. The molecular weight excluding hydrogens is 897 g/mol. The zero-order valence-corrected chi connectivity index (χ0v) is 44.3. The lowest BCUT2D eigenvalue weighted by molar-refractivity contribution is -0.0281. The molecule has 358 valence electrons. The Balaban J connectivity index is 0.872. The number of benzene rings is 9. The molecule has 0 N–H and O–H groups in total. The molecule has 4 fully saturated rings. The number of fused-ring (bicyclic) bond motifs is 3. The summed E-state index contributed by atoms with van der Waals surface area (Å²) in [6.45, 7) is 13.8. The number of nitrogens with zero attached hydrogens (tertiary/aromatic N) is 1. The second-order valence-corrected chi connectivity index (χ2v) is 25.1. The van der Waals surface area contributed by atoms with Crippen LogP contribution >= 0.6 is 7.92 Å². The van der Waals surface area contributed by atoms with E-state index in [-0.39, 0.29) is 17.5 Å². The van der Waals surface area contributed by atoms with E-state index in [2.05, 4.69) is 246 Å². The van der Waals surface area contributed by atoms with Gasteiger partial charge in [0.1, 0.15) is 0 Å². The Hall–Kier alpha value is -6.73. The summed E-state index contributed by atoms with van der Waals surface area (Å²) in [6.07, 6.45) is 7.99. The lowest BCUT2D eigenvalue weighted by Gasteiger charge is -2.63. The highest BCUT2D eigenvalue weighted by Crippen LogP contribution is 2.66. The van der Waals surface area contributed by atoms with Crippen molar-refractivity contribution < 1.29 is 0 Å². The Labute approximate surface area is 435 Å². The van der Waals surface area contributed by atoms with Gasteiger partial charge in [0.15, 0.2) is 0 Å². The summed E-state index contributed by atoms with van der Waals surface area (Å²) >= 11 is 0. The van der Waals surface area contributed by atoms with Crippen LogP contribution in [0.15, 0.2) is 200 Å². The molecule has 73 heavy (non-hydrogen) atoms. The molecule has 4 aliphatic carbocycles. The molecule has 0 aliphatic heterocycles. The van der Waals surface area contributed by atoms with Crippen LogP contribution in [0.5, 0.6) is 0 Å². The van der Waals surface area contributed by atoms with Gasteiger partial charge in [0.25, 0.3) is 0 Å². The Bertz CT molecular complexity index is 3550. The fourth-order valence-corrected chi connectivity index (χ4v) is 17.8. The first-order valence-electron chi connectivity index (χ1n) is 26.9. The SMILES string of the molecule is Cc1cc(C)c(B(c2ccc3c(c2)c2cc(-c4ccc(C56CC7CC(C5)CC(c5ccc(P(c8ccccc8)c8ccccc8)cc5)(C7)C6)cc4)ccc2n3-c2ccccc2)c2c(C)cc(C)cc2C)c(C)c1. The van der Waals surface area contributed by atoms with E-state index in [0.29, 0.717) is 0 Å². The van der Waals surface area contributed by atoms with E-state index in [1.165, 1.54) is 143 Å². The van der Waals surface area contributed by atoms with Gasteiger partial charge in [-0.1, -0.05) is 220 Å². The van der Waals surface area contributed by atoms with Gasteiger partial charge in [-0.25, -0.2) is 0 Å². The summed E-state index contributed by atoms with van der Waals surface area (Å²) in [5.74, 6) is 1.58. The van der Waals surface area contributed by atoms with Crippen molar-refractivity contribution in [2.75, 3.05) is 0 Å². The van der Waals surface area contributed by atoms with Crippen molar-refractivity contribution >= 4 is 68.7 Å². The highest BCUT2D eigenvalue weighted by Gasteiger charge is 2.58. The van der Waals surface area contributed by atoms with Gasteiger partial charge in [-0.3, -0.25) is 0 Å². The van der Waals surface area contributed by atoms with Crippen molar-refractivity contribution in [2.45, 2.75) is 90.9 Å². The Kier molecular flexibility index (Phi) is 11.4. The van der Waals surface area contributed by atoms with Crippen molar-refractivity contribution in [3.63, 3.8) is 0 Å². The molecule has 10 aromatic rings. The highest BCUT2D eigenvalue weighted by atomic mass is 31.1. The molecule has 0 saturated heterocycles. The molecule has 2 unspecified atom stereocenters. The van der Waals surface area contributed by atoms with Gasteiger partial charge in [-0.2, -0.15) is 0 Å². The summed E-state index contributed by atoms with van der Waals surface area (Å²) in [5.41, 5.74) is 22.1. The maximum atomic E-state index is 2.55. The number of para-hydroxylation sites is 1. The molecule has 4 aliphatic rings. The lowest BCUT2D eigenvalue weighted by atomic mass is 9.34. The average molecular weight is 962 g/mol. The second kappa shape index (κ2) is 18.0. The fourth-order valence-electron chi connectivity index (χ4n) is 15.5. The zero-order chi connectivity index (χ0) is 49.6. The van der Waals surface area contributed by atoms with Crippen molar-refractivity contribution in [3.05, 3.63) is 245 Å². The quantitative estimate of drug-likeness (QED) is 0.0951. The normalized spacial score (nSPS) is 20.1. The van der Waals surface area contributed by atoms with Crippen LogP contribution in [-0.2, 0) is 10.8 Å². The van der Waals surface area contributed by atoms with Gasteiger partial charge in [0, 0.05) is 16.5 Å². The van der Waals surface area contributed by atoms with E-state index in [1.54, 1.807) is 11.1 Å². The summed E-state index contributed by atoms with van der Waals surface area (Å²) in [4.78, 5) is 0. The molecular formula is C70H65BNP. The van der Waals surface area contributed by atoms with E-state index >= 15 is 0 Å². The first-order valence-corrected chi connectivity index (χ1v) is 28.3. The maximum Gasteiger partial charge on any atom is 0.242 e. The third kappa shape index (κ3) is 7.95. The molecule has 4 bridgehead atoms. The predicted molar refractivity (Wildman–Crippen MR) is 315 cm³/mol. The largest absolute Gasteiger partial charge is 0.309 e. The number of rotatable bonds is 10. The van der Waals surface area contributed by atoms with Crippen LogP contribution in [0.25, 0.3) is 38.6 Å². The molecule has 14 rings (SSSR count). The zero-order valence-electron chi connectivity index (χ0n) is 43.4. The molecule has 0 radical (unpaired) electrons. The van der Waals surface area contributed by atoms with Gasteiger partial charge < -0.3 is 4.57 Å². The van der Waals surface area contributed by atoms with Crippen molar-refractivity contribution in [3.8, 4) is 16.8 Å². The minimum absolute atomic E-state index is 0.104. The predicted octanol–water partition coefficient (Wildman–Crippen LogP) is 14.4. The lowest BCUT2D eigenvalue weighted by Crippen LogP contribution is -2.55. The summed E-state index contributed by atoms with van der Waals surface area (Å²) in [5, 5.41) is 6.87. The minimum atomic E-state index is -0.619. The number of aryl methyl sites for hydroxylation is 6. The van der Waals surface area contributed by atoms with Gasteiger partial charge >= 0.3 is 0 Å². The fraction of sp³-hybridized carbons (Fsp3) is 0.229. The van der Waals surface area contributed by atoms with E-state index in [4.69, 9.17) is 0 Å².